The van der Waals surface area contributed by atoms with Gasteiger partial charge in [0.2, 0.25) is 0 Å². The highest BCUT2D eigenvalue weighted by Gasteiger charge is 2.34. The zero-order valence-corrected chi connectivity index (χ0v) is 11.7. The van der Waals surface area contributed by atoms with Crippen molar-refractivity contribution in [3.63, 3.8) is 0 Å². The molecular formula is C20H18. The predicted molar refractivity (Wildman–Crippen MR) is 84.7 cm³/mol. The van der Waals surface area contributed by atoms with Crippen molar-refractivity contribution in [1.82, 2.24) is 0 Å². The van der Waals surface area contributed by atoms with Crippen molar-refractivity contribution in [3.05, 3.63) is 84.0 Å². The monoisotopic (exact) mass is 258 g/mol. The van der Waals surface area contributed by atoms with Gasteiger partial charge in [-0.3, -0.25) is 0 Å². The third kappa shape index (κ3) is 1.61. The molecule has 98 valence electrons. The second-order valence-corrected chi connectivity index (χ2v) is 5.86. The van der Waals surface area contributed by atoms with Crippen LogP contribution in [0.5, 0.6) is 0 Å². The van der Waals surface area contributed by atoms with Crippen LogP contribution in [0.15, 0.2) is 72.8 Å². The Labute approximate surface area is 120 Å². The Bertz CT molecular complexity index is 648. The van der Waals surface area contributed by atoms with E-state index in [0.717, 1.165) is 0 Å². The van der Waals surface area contributed by atoms with Gasteiger partial charge in [-0.05, 0) is 34.1 Å². The summed E-state index contributed by atoms with van der Waals surface area (Å²) >= 11 is 0. The van der Waals surface area contributed by atoms with Gasteiger partial charge in [0.1, 0.15) is 0 Å². The zero-order chi connectivity index (χ0) is 13.5. The first kappa shape index (κ1) is 11.7. The maximum atomic E-state index is 2.38. The van der Waals surface area contributed by atoms with Crippen LogP contribution in [-0.4, -0.2) is 0 Å². The molecule has 0 bridgehead atoms. The highest BCUT2D eigenvalue weighted by atomic mass is 14.4. The summed E-state index contributed by atoms with van der Waals surface area (Å²) in [5, 5.41) is 0. The van der Waals surface area contributed by atoms with Gasteiger partial charge in [-0.15, -0.1) is 0 Å². The van der Waals surface area contributed by atoms with Crippen LogP contribution in [0.4, 0.5) is 0 Å². The zero-order valence-electron chi connectivity index (χ0n) is 11.7. The van der Waals surface area contributed by atoms with Crippen molar-refractivity contribution in [3.8, 4) is 11.1 Å². The van der Waals surface area contributed by atoms with Crippen molar-refractivity contribution < 1.29 is 0 Å². The Morgan fingerprint density at radius 3 is 1.80 bits per heavy atom. The predicted octanol–water partition coefficient (Wildman–Crippen LogP) is 5.18. The van der Waals surface area contributed by atoms with E-state index in [1.54, 1.807) is 0 Å². The van der Waals surface area contributed by atoms with Crippen LogP contribution in [-0.2, 0) is 0 Å². The third-order valence-electron chi connectivity index (χ3n) is 4.79. The maximum Gasteiger partial charge on any atom is 0.0136 e. The Hall–Kier alpha value is -2.08. The van der Waals surface area contributed by atoms with E-state index in [4.69, 9.17) is 0 Å². The summed E-state index contributed by atoms with van der Waals surface area (Å²) in [5.74, 6) is 1.66. The first-order valence-corrected chi connectivity index (χ1v) is 7.39. The lowest BCUT2D eigenvalue weighted by Gasteiger charge is -2.25. The fourth-order valence-electron chi connectivity index (χ4n) is 3.78. The minimum absolute atomic E-state index is 0.514. The number of fused-ring (bicyclic) bond motifs is 3. The van der Waals surface area contributed by atoms with Crippen molar-refractivity contribution in [2.24, 2.45) is 11.8 Å². The topological polar surface area (TPSA) is 0 Å². The largest absolute Gasteiger partial charge is 0.0773 e. The lowest BCUT2D eigenvalue weighted by molar-refractivity contribution is 0.452. The van der Waals surface area contributed by atoms with Gasteiger partial charge in [0, 0.05) is 5.92 Å². The molecule has 0 radical (unpaired) electrons. The molecule has 0 aromatic heterocycles. The number of hydrogen-bond donors (Lipinski definition) is 0. The molecule has 0 heterocycles. The minimum atomic E-state index is 0.514. The van der Waals surface area contributed by atoms with E-state index in [-0.39, 0.29) is 0 Å². The fourth-order valence-corrected chi connectivity index (χ4v) is 3.78. The average molecular weight is 258 g/mol. The van der Waals surface area contributed by atoms with E-state index < -0.39 is 0 Å². The fraction of sp³-hybridized carbons (Fsp3) is 0.200. The first-order chi connectivity index (χ1) is 9.86. The Morgan fingerprint density at radius 2 is 1.25 bits per heavy atom. The molecule has 0 saturated carbocycles. The van der Waals surface area contributed by atoms with Crippen LogP contribution in [0, 0.1) is 11.8 Å². The van der Waals surface area contributed by atoms with Crippen LogP contribution in [0.1, 0.15) is 24.0 Å². The summed E-state index contributed by atoms with van der Waals surface area (Å²) in [7, 11) is 0. The van der Waals surface area contributed by atoms with E-state index in [1.807, 2.05) is 0 Å². The second kappa shape index (κ2) is 4.49. The van der Waals surface area contributed by atoms with Gasteiger partial charge in [0.05, 0.1) is 0 Å². The number of allylic oxidation sites excluding steroid dienone is 4. The quantitative estimate of drug-likeness (QED) is 0.696. The molecule has 0 fully saturated rings. The van der Waals surface area contributed by atoms with Crippen LogP contribution >= 0.6 is 0 Å². The van der Waals surface area contributed by atoms with E-state index in [2.05, 4.69) is 79.8 Å². The van der Waals surface area contributed by atoms with Gasteiger partial charge in [-0.25, -0.2) is 0 Å². The summed E-state index contributed by atoms with van der Waals surface area (Å²) in [4.78, 5) is 0. The summed E-state index contributed by atoms with van der Waals surface area (Å²) in [6, 6.07) is 17.8. The van der Waals surface area contributed by atoms with Gasteiger partial charge in [-0.1, -0.05) is 79.8 Å². The van der Waals surface area contributed by atoms with Gasteiger partial charge in [0.15, 0.2) is 0 Å². The molecule has 0 N–H and O–H groups in total. The van der Waals surface area contributed by atoms with E-state index in [9.17, 15) is 0 Å². The molecule has 1 unspecified atom stereocenters. The van der Waals surface area contributed by atoms with Crippen molar-refractivity contribution >= 4 is 0 Å². The summed E-state index contributed by atoms with van der Waals surface area (Å²) in [6.45, 7) is 2.38. The SMILES string of the molecule is CC(C1C=CC=C1)C1c2ccccc2-c2ccccc21. The van der Waals surface area contributed by atoms with E-state index in [0.29, 0.717) is 17.8 Å². The number of rotatable bonds is 2. The molecule has 20 heavy (non-hydrogen) atoms. The smallest absolute Gasteiger partial charge is 0.0136 e. The normalized spacial score (nSPS) is 18.2. The van der Waals surface area contributed by atoms with Gasteiger partial charge < -0.3 is 0 Å². The molecule has 2 aliphatic rings. The van der Waals surface area contributed by atoms with Gasteiger partial charge in [-0.2, -0.15) is 0 Å². The second-order valence-electron chi connectivity index (χ2n) is 5.86. The van der Waals surface area contributed by atoms with Crippen LogP contribution in [0.25, 0.3) is 11.1 Å². The Morgan fingerprint density at radius 1 is 0.750 bits per heavy atom. The Kier molecular flexibility index (Phi) is 2.63. The van der Waals surface area contributed by atoms with E-state index >= 15 is 0 Å². The highest BCUT2D eigenvalue weighted by Crippen LogP contribution is 2.50. The van der Waals surface area contributed by atoms with Crippen LogP contribution in [0.2, 0.25) is 0 Å². The molecule has 2 aliphatic carbocycles. The molecule has 1 atom stereocenters. The molecule has 0 spiro atoms. The minimum Gasteiger partial charge on any atom is -0.0773 e. The summed E-state index contributed by atoms with van der Waals surface area (Å²) in [6.07, 6.45) is 9.00. The van der Waals surface area contributed by atoms with Crippen LogP contribution < -0.4 is 0 Å². The van der Waals surface area contributed by atoms with Crippen molar-refractivity contribution in [1.29, 1.82) is 0 Å². The molecule has 0 aliphatic heterocycles. The van der Waals surface area contributed by atoms with Crippen molar-refractivity contribution in [2.75, 3.05) is 0 Å². The van der Waals surface area contributed by atoms with Crippen molar-refractivity contribution in [2.45, 2.75) is 12.8 Å². The van der Waals surface area contributed by atoms with Gasteiger partial charge >= 0.3 is 0 Å². The molecule has 0 saturated heterocycles. The van der Waals surface area contributed by atoms with E-state index in [1.165, 1.54) is 22.3 Å². The summed E-state index contributed by atoms with van der Waals surface area (Å²) in [5.41, 5.74) is 5.83. The molecule has 2 aromatic carbocycles. The molecule has 2 aromatic rings. The van der Waals surface area contributed by atoms with Crippen LogP contribution in [0.3, 0.4) is 0 Å². The highest BCUT2D eigenvalue weighted by molar-refractivity contribution is 5.78. The lowest BCUT2D eigenvalue weighted by atomic mass is 9.78. The molecular weight excluding hydrogens is 240 g/mol. The molecule has 4 rings (SSSR count). The summed E-state index contributed by atoms with van der Waals surface area (Å²) < 4.78 is 0. The lowest BCUT2D eigenvalue weighted by Crippen LogP contribution is -2.15. The number of hydrogen-bond acceptors (Lipinski definition) is 0. The standard InChI is InChI=1S/C20H18/c1-14(15-8-2-3-9-15)20-18-12-6-4-10-16(18)17-11-5-7-13-19(17)20/h2-15,20H,1H3. The molecule has 0 amide bonds. The maximum absolute atomic E-state index is 2.38. The molecule has 0 nitrogen and oxygen atoms in total. The number of benzene rings is 2. The third-order valence-corrected chi connectivity index (χ3v) is 4.79. The van der Waals surface area contributed by atoms with Gasteiger partial charge in [0.25, 0.3) is 0 Å². The average Bonchev–Trinajstić information content (AvgIpc) is 3.13. The molecule has 0 heteroatoms. The Balaban J connectivity index is 1.87. The first-order valence-electron chi connectivity index (χ1n) is 7.39.